The minimum absolute atomic E-state index is 0.634. The first-order chi connectivity index (χ1) is 10.6. The van der Waals surface area contributed by atoms with Crippen LogP contribution in [0.1, 0.15) is 27.7 Å². The second-order valence-electron chi connectivity index (χ2n) is 5.12. The van der Waals surface area contributed by atoms with Crippen LogP contribution in [0.25, 0.3) is 0 Å². The van der Waals surface area contributed by atoms with Crippen molar-refractivity contribution in [2.75, 3.05) is 6.54 Å². The molecule has 0 amide bonds. The van der Waals surface area contributed by atoms with E-state index in [1.54, 1.807) is 0 Å². The Labute approximate surface area is 132 Å². The van der Waals surface area contributed by atoms with E-state index in [0.717, 1.165) is 20.8 Å². The van der Waals surface area contributed by atoms with Crippen LogP contribution in [0.15, 0.2) is 0 Å². The SMILES string of the molecule is CC(=O)O[C@@H]1[C@H](OC(C)=O)[C@H](C)O[C@@H](C[N+](=O)[O-])[C@H]1OC(C)=O. The van der Waals surface area contributed by atoms with Gasteiger partial charge in [-0.05, 0) is 6.92 Å². The number of carbonyl (C=O) groups excluding carboxylic acids is 3. The summed E-state index contributed by atoms with van der Waals surface area (Å²) in [5.41, 5.74) is 0. The molecule has 0 bridgehead atoms. The molecule has 1 aliphatic heterocycles. The third-order valence-corrected chi connectivity index (χ3v) is 3.10. The van der Waals surface area contributed by atoms with Crippen LogP contribution in [-0.4, -0.2) is 59.9 Å². The van der Waals surface area contributed by atoms with Gasteiger partial charge in [0.05, 0.1) is 6.10 Å². The summed E-state index contributed by atoms with van der Waals surface area (Å²) < 4.78 is 20.7. The van der Waals surface area contributed by atoms with Gasteiger partial charge in [-0.3, -0.25) is 24.5 Å². The Morgan fingerprint density at radius 3 is 1.83 bits per heavy atom. The van der Waals surface area contributed by atoms with Crippen LogP contribution in [0.3, 0.4) is 0 Å². The summed E-state index contributed by atoms with van der Waals surface area (Å²) in [6.45, 7) is 4.24. The van der Waals surface area contributed by atoms with Gasteiger partial charge in [0.1, 0.15) is 0 Å². The topological polar surface area (TPSA) is 131 Å². The average molecular weight is 333 g/mol. The average Bonchev–Trinajstić information content (AvgIpc) is 2.36. The molecule has 130 valence electrons. The fourth-order valence-electron chi connectivity index (χ4n) is 2.40. The number of nitrogens with zero attached hydrogens (tertiary/aromatic N) is 1. The van der Waals surface area contributed by atoms with Crippen molar-refractivity contribution in [3.05, 3.63) is 10.1 Å². The van der Waals surface area contributed by atoms with Crippen LogP contribution < -0.4 is 0 Å². The van der Waals surface area contributed by atoms with E-state index in [0.29, 0.717) is 0 Å². The Balaban J connectivity index is 3.15. The molecule has 10 nitrogen and oxygen atoms in total. The van der Waals surface area contributed by atoms with E-state index in [2.05, 4.69) is 0 Å². The predicted octanol–water partition coefficient (Wildman–Crippen LogP) is -0.154. The minimum Gasteiger partial charge on any atom is -0.456 e. The van der Waals surface area contributed by atoms with Gasteiger partial charge in [0.25, 0.3) is 0 Å². The van der Waals surface area contributed by atoms with E-state index in [9.17, 15) is 24.5 Å². The molecule has 0 aliphatic carbocycles. The lowest BCUT2D eigenvalue weighted by molar-refractivity contribution is -0.498. The van der Waals surface area contributed by atoms with Gasteiger partial charge < -0.3 is 18.9 Å². The molecule has 0 saturated carbocycles. The fraction of sp³-hybridized carbons (Fsp3) is 0.769. The molecule has 10 heteroatoms. The van der Waals surface area contributed by atoms with E-state index >= 15 is 0 Å². The summed E-state index contributed by atoms with van der Waals surface area (Å²) in [4.78, 5) is 44.0. The molecule has 0 aromatic rings. The zero-order valence-corrected chi connectivity index (χ0v) is 13.2. The molecule has 5 atom stereocenters. The van der Waals surface area contributed by atoms with Crippen molar-refractivity contribution in [3.63, 3.8) is 0 Å². The van der Waals surface area contributed by atoms with E-state index in [1.165, 1.54) is 6.92 Å². The van der Waals surface area contributed by atoms with Crippen molar-refractivity contribution >= 4 is 17.9 Å². The van der Waals surface area contributed by atoms with Crippen molar-refractivity contribution in [3.8, 4) is 0 Å². The Bertz CT molecular complexity index is 492. The lowest BCUT2D eigenvalue weighted by Crippen LogP contribution is -2.61. The van der Waals surface area contributed by atoms with E-state index in [-0.39, 0.29) is 0 Å². The molecule has 1 saturated heterocycles. The van der Waals surface area contributed by atoms with Gasteiger partial charge in [-0.2, -0.15) is 0 Å². The van der Waals surface area contributed by atoms with Gasteiger partial charge in [0, 0.05) is 25.7 Å². The standard InChI is InChI=1S/C13H19NO9/c1-6-11(21-7(2)15)13(23-9(4)17)12(22-8(3)16)10(20-6)5-14(18)19/h6,10-13H,5H2,1-4H3/t6-,10-,11+,12+,13+/m0/s1. The number of esters is 3. The fourth-order valence-corrected chi connectivity index (χ4v) is 2.40. The molecular formula is C13H19NO9. The first kappa shape index (κ1) is 18.8. The van der Waals surface area contributed by atoms with Crippen LogP contribution in [0.2, 0.25) is 0 Å². The van der Waals surface area contributed by atoms with E-state index in [1.807, 2.05) is 0 Å². The Morgan fingerprint density at radius 1 is 0.957 bits per heavy atom. The van der Waals surface area contributed by atoms with Crippen LogP contribution in [0.4, 0.5) is 0 Å². The lowest BCUT2D eigenvalue weighted by Gasteiger charge is -2.42. The van der Waals surface area contributed by atoms with Crippen molar-refractivity contribution in [2.45, 2.75) is 58.2 Å². The summed E-state index contributed by atoms with van der Waals surface area (Å²) in [7, 11) is 0. The summed E-state index contributed by atoms with van der Waals surface area (Å²) in [6, 6.07) is 0. The maximum absolute atomic E-state index is 11.3. The molecule has 1 fully saturated rings. The molecule has 0 aromatic heterocycles. The van der Waals surface area contributed by atoms with Gasteiger partial charge >= 0.3 is 17.9 Å². The normalized spacial score (nSPS) is 30.2. The number of nitro groups is 1. The van der Waals surface area contributed by atoms with Crippen LogP contribution in [0, 0.1) is 10.1 Å². The van der Waals surface area contributed by atoms with Crippen molar-refractivity contribution in [1.29, 1.82) is 0 Å². The molecule has 0 unspecified atom stereocenters. The Hall–Kier alpha value is -2.23. The molecule has 23 heavy (non-hydrogen) atoms. The molecule has 0 spiro atoms. The first-order valence-electron chi connectivity index (χ1n) is 6.90. The third kappa shape index (κ3) is 5.47. The summed E-state index contributed by atoms with van der Waals surface area (Å²) in [6.07, 6.45) is -5.44. The van der Waals surface area contributed by atoms with Gasteiger partial charge in [0.2, 0.25) is 6.54 Å². The second kappa shape index (κ2) is 7.86. The Kier molecular flexibility index (Phi) is 6.43. The summed E-state index contributed by atoms with van der Waals surface area (Å²) >= 11 is 0. The third-order valence-electron chi connectivity index (χ3n) is 3.10. The number of ether oxygens (including phenoxy) is 4. The van der Waals surface area contributed by atoms with Gasteiger partial charge in [-0.1, -0.05) is 0 Å². The Morgan fingerprint density at radius 2 is 1.39 bits per heavy atom. The van der Waals surface area contributed by atoms with Gasteiger partial charge in [-0.25, -0.2) is 0 Å². The van der Waals surface area contributed by atoms with Crippen molar-refractivity contribution in [2.24, 2.45) is 0 Å². The van der Waals surface area contributed by atoms with Crippen LogP contribution >= 0.6 is 0 Å². The maximum atomic E-state index is 11.3. The highest BCUT2D eigenvalue weighted by atomic mass is 16.7. The molecule has 0 N–H and O–H groups in total. The highest BCUT2D eigenvalue weighted by Gasteiger charge is 2.51. The summed E-state index contributed by atoms with van der Waals surface area (Å²) in [5, 5.41) is 10.8. The van der Waals surface area contributed by atoms with Crippen molar-refractivity contribution in [1.82, 2.24) is 0 Å². The number of hydrogen-bond donors (Lipinski definition) is 0. The predicted molar refractivity (Wildman–Crippen MR) is 72.9 cm³/mol. The highest BCUT2D eigenvalue weighted by Crippen LogP contribution is 2.28. The monoisotopic (exact) mass is 333 g/mol. The van der Waals surface area contributed by atoms with Crippen LogP contribution in [0.5, 0.6) is 0 Å². The zero-order valence-electron chi connectivity index (χ0n) is 13.2. The minimum atomic E-state index is -1.26. The molecule has 1 rings (SSSR count). The molecule has 1 aliphatic rings. The van der Waals surface area contributed by atoms with Gasteiger partial charge in [0.15, 0.2) is 24.4 Å². The molecule has 1 heterocycles. The maximum Gasteiger partial charge on any atom is 0.303 e. The first-order valence-corrected chi connectivity index (χ1v) is 6.90. The van der Waals surface area contributed by atoms with E-state index < -0.39 is 59.9 Å². The van der Waals surface area contributed by atoms with Gasteiger partial charge in [-0.15, -0.1) is 0 Å². The quantitative estimate of drug-likeness (QED) is 0.291. The van der Waals surface area contributed by atoms with Crippen molar-refractivity contribution < 1.29 is 38.3 Å². The largest absolute Gasteiger partial charge is 0.456 e. The second-order valence-corrected chi connectivity index (χ2v) is 5.12. The molecule has 0 aromatic carbocycles. The lowest BCUT2D eigenvalue weighted by atomic mass is 9.94. The highest BCUT2D eigenvalue weighted by molar-refractivity contribution is 5.68. The molecular weight excluding hydrogens is 314 g/mol. The number of rotatable bonds is 5. The zero-order chi connectivity index (χ0) is 17.7. The van der Waals surface area contributed by atoms with E-state index in [4.69, 9.17) is 18.9 Å². The number of hydrogen-bond acceptors (Lipinski definition) is 9. The number of carbonyl (C=O) groups is 3. The molecule has 0 radical (unpaired) electrons. The summed E-state index contributed by atoms with van der Waals surface area (Å²) in [5.74, 6) is -2.10. The smallest absolute Gasteiger partial charge is 0.303 e. The van der Waals surface area contributed by atoms with Crippen LogP contribution in [-0.2, 0) is 33.3 Å².